The van der Waals surface area contributed by atoms with Crippen molar-refractivity contribution < 1.29 is 9.15 Å². The monoisotopic (exact) mass is 255 g/mol. The lowest BCUT2D eigenvalue weighted by atomic mass is 10.3. The molecule has 1 N–H and O–H groups in total. The first-order valence-electron chi connectivity index (χ1n) is 4.42. The van der Waals surface area contributed by atoms with Crippen LogP contribution in [0.5, 0.6) is 5.75 Å². The SMILES string of the molecule is N=C(Oc1cc(Cl)ccc1Cl)c1ccco1. The van der Waals surface area contributed by atoms with Crippen molar-refractivity contribution in [3.8, 4) is 5.75 Å². The van der Waals surface area contributed by atoms with Crippen molar-refractivity contribution in [3.63, 3.8) is 0 Å². The van der Waals surface area contributed by atoms with Gasteiger partial charge in [0.25, 0.3) is 5.90 Å². The zero-order valence-corrected chi connectivity index (χ0v) is 9.55. The molecule has 0 unspecified atom stereocenters. The molecule has 1 heterocycles. The van der Waals surface area contributed by atoms with Gasteiger partial charge in [0.05, 0.1) is 11.3 Å². The summed E-state index contributed by atoms with van der Waals surface area (Å²) >= 11 is 11.7. The van der Waals surface area contributed by atoms with Crippen molar-refractivity contribution >= 4 is 29.1 Å². The van der Waals surface area contributed by atoms with Crippen molar-refractivity contribution in [1.29, 1.82) is 5.41 Å². The predicted molar refractivity (Wildman–Crippen MR) is 62.6 cm³/mol. The summed E-state index contributed by atoms with van der Waals surface area (Å²) in [5.74, 6) is 0.542. The van der Waals surface area contributed by atoms with Crippen LogP contribution in [0, 0.1) is 5.41 Å². The molecule has 0 fully saturated rings. The summed E-state index contributed by atoms with van der Waals surface area (Å²) in [5.41, 5.74) is 0. The Morgan fingerprint density at radius 3 is 2.75 bits per heavy atom. The molecule has 0 saturated carbocycles. The summed E-state index contributed by atoms with van der Waals surface area (Å²) in [6, 6.07) is 8.09. The lowest BCUT2D eigenvalue weighted by molar-refractivity contribution is 0.493. The third kappa shape index (κ3) is 2.38. The van der Waals surface area contributed by atoms with Crippen LogP contribution in [-0.4, -0.2) is 5.90 Å². The van der Waals surface area contributed by atoms with E-state index in [-0.39, 0.29) is 5.90 Å². The second-order valence-corrected chi connectivity index (χ2v) is 3.83. The number of rotatable bonds is 2. The zero-order chi connectivity index (χ0) is 11.5. The highest BCUT2D eigenvalue weighted by Crippen LogP contribution is 2.28. The normalized spacial score (nSPS) is 10.1. The molecule has 82 valence electrons. The molecule has 0 atom stereocenters. The molecule has 0 radical (unpaired) electrons. The van der Waals surface area contributed by atoms with Crippen molar-refractivity contribution in [3.05, 3.63) is 52.4 Å². The number of ether oxygens (including phenoxy) is 1. The van der Waals surface area contributed by atoms with Crippen LogP contribution in [0.4, 0.5) is 0 Å². The van der Waals surface area contributed by atoms with Crippen molar-refractivity contribution in [2.45, 2.75) is 0 Å². The zero-order valence-electron chi connectivity index (χ0n) is 8.04. The molecule has 0 aliphatic carbocycles. The number of furan rings is 1. The molecule has 0 aliphatic rings. The minimum Gasteiger partial charge on any atom is -0.459 e. The topological polar surface area (TPSA) is 46.2 Å². The standard InChI is InChI=1S/C11H7Cl2NO2/c12-7-3-4-8(13)10(6-7)16-11(14)9-2-1-5-15-9/h1-6,14H. The maximum atomic E-state index is 7.63. The second-order valence-electron chi connectivity index (χ2n) is 2.98. The Bertz CT molecular complexity index is 509. The molecule has 3 nitrogen and oxygen atoms in total. The fourth-order valence-electron chi connectivity index (χ4n) is 1.12. The average Bonchev–Trinajstić information content (AvgIpc) is 2.76. The van der Waals surface area contributed by atoms with Gasteiger partial charge in [-0.3, -0.25) is 5.41 Å². The number of hydrogen-bond acceptors (Lipinski definition) is 3. The van der Waals surface area contributed by atoms with Gasteiger partial charge in [0.2, 0.25) is 0 Å². The van der Waals surface area contributed by atoms with Gasteiger partial charge in [-0.05, 0) is 24.3 Å². The van der Waals surface area contributed by atoms with E-state index in [0.717, 1.165) is 0 Å². The van der Waals surface area contributed by atoms with Crippen LogP contribution < -0.4 is 4.74 Å². The van der Waals surface area contributed by atoms with Crippen LogP contribution in [0.25, 0.3) is 0 Å². The maximum Gasteiger partial charge on any atom is 0.255 e. The van der Waals surface area contributed by atoms with Crippen LogP contribution in [0.1, 0.15) is 5.76 Å². The molecule has 1 aromatic carbocycles. The summed E-state index contributed by atoms with van der Waals surface area (Å²) in [4.78, 5) is 0. The van der Waals surface area contributed by atoms with Crippen LogP contribution >= 0.6 is 23.2 Å². The Morgan fingerprint density at radius 2 is 2.06 bits per heavy atom. The Kier molecular flexibility index (Phi) is 3.17. The molecule has 1 aromatic heterocycles. The summed E-state index contributed by atoms with van der Waals surface area (Å²) in [6.07, 6.45) is 1.47. The summed E-state index contributed by atoms with van der Waals surface area (Å²) < 4.78 is 10.3. The van der Waals surface area contributed by atoms with E-state index >= 15 is 0 Å². The van der Waals surface area contributed by atoms with Gasteiger partial charge in [-0.2, -0.15) is 0 Å². The van der Waals surface area contributed by atoms with Crippen molar-refractivity contribution in [1.82, 2.24) is 0 Å². The highest BCUT2D eigenvalue weighted by molar-refractivity contribution is 6.34. The summed E-state index contributed by atoms with van der Waals surface area (Å²) in [7, 11) is 0. The van der Waals surface area contributed by atoms with Crippen molar-refractivity contribution in [2.75, 3.05) is 0 Å². The predicted octanol–water partition coefficient (Wildman–Crippen LogP) is 3.99. The molecular weight excluding hydrogens is 249 g/mol. The van der Waals surface area contributed by atoms with E-state index in [9.17, 15) is 0 Å². The molecule has 2 aromatic rings. The fraction of sp³-hybridized carbons (Fsp3) is 0. The molecule has 2 rings (SSSR count). The maximum absolute atomic E-state index is 7.63. The highest BCUT2D eigenvalue weighted by Gasteiger charge is 2.10. The minimum absolute atomic E-state index is 0.117. The fourth-order valence-corrected chi connectivity index (χ4v) is 1.44. The molecule has 0 amide bonds. The first kappa shape index (κ1) is 11.0. The third-order valence-corrected chi connectivity index (χ3v) is 2.40. The lowest BCUT2D eigenvalue weighted by Crippen LogP contribution is -2.07. The molecule has 0 bridgehead atoms. The first-order valence-corrected chi connectivity index (χ1v) is 5.18. The van der Waals surface area contributed by atoms with Gasteiger partial charge < -0.3 is 9.15 Å². The van der Waals surface area contributed by atoms with Gasteiger partial charge in [-0.15, -0.1) is 0 Å². The minimum atomic E-state index is -0.117. The van der Waals surface area contributed by atoms with Crippen LogP contribution in [0.15, 0.2) is 41.0 Å². The van der Waals surface area contributed by atoms with E-state index in [1.165, 1.54) is 6.26 Å². The van der Waals surface area contributed by atoms with E-state index in [1.54, 1.807) is 30.3 Å². The van der Waals surface area contributed by atoms with E-state index in [4.69, 9.17) is 37.8 Å². The highest BCUT2D eigenvalue weighted by atomic mass is 35.5. The van der Waals surface area contributed by atoms with Crippen molar-refractivity contribution in [2.24, 2.45) is 0 Å². The molecular formula is C11H7Cl2NO2. The molecule has 5 heteroatoms. The number of hydrogen-bond donors (Lipinski definition) is 1. The van der Waals surface area contributed by atoms with Gasteiger partial charge in [0.1, 0.15) is 5.75 Å². The molecule has 0 aliphatic heterocycles. The largest absolute Gasteiger partial charge is 0.459 e. The Morgan fingerprint density at radius 1 is 1.25 bits per heavy atom. The Labute approximate surface area is 102 Å². The van der Waals surface area contributed by atoms with Gasteiger partial charge in [0, 0.05) is 11.1 Å². The van der Waals surface area contributed by atoms with E-state index in [2.05, 4.69) is 0 Å². The van der Waals surface area contributed by atoms with Gasteiger partial charge in [0.15, 0.2) is 5.76 Å². The number of benzene rings is 1. The first-order chi connectivity index (χ1) is 7.66. The van der Waals surface area contributed by atoms with E-state index < -0.39 is 0 Å². The van der Waals surface area contributed by atoms with E-state index in [0.29, 0.717) is 21.6 Å². The second kappa shape index (κ2) is 4.60. The summed E-state index contributed by atoms with van der Waals surface area (Å²) in [5, 5.41) is 8.52. The third-order valence-electron chi connectivity index (χ3n) is 1.85. The van der Waals surface area contributed by atoms with E-state index in [1.807, 2.05) is 0 Å². The Hall–Kier alpha value is -1.45. The van der Waals surface area contributed by atoms with Crippen LogP contribution in [-0.2, 0) is 0 Å². The van der Waals surface area contributed by atoms with Gasteiger partial charge >= 0.3 is 0 Å². The average molecular weight is 256 g/mol. The molecule has 0 spiro atoms. The molecule has 16 heavy (non-hydrogen) atoms. The lowest BCUT2D eigenvalue weighted by Gasteiger charge is -2.06. The van der Waals surface area contributed by atoms with Crippen LogP contribution in [0.3, 0.4) is 0 Å². The summed E-state index contributed by atoms with van der Waals surface area (Å²) in [6.45, 7) is 0. The molecule has 0 saturated heterocycles. The van der Waals surface area contributed by atoms with Gasteiger partial charge in [-0.25, -0.2) is 0 Å². The Balaban J connectivity index is 2.21. The number of halogens is 2. The van der Waals surface area contributed by atoms with Crippen LogP contribution in [0.2, 0.25) is 10.0 Å². The van der Waals surface area contributed by atoms with Gasteiger partial charge in [-0.1, -0.05) is 23.2 Å². The number of nitrogens with one attached hydrogen (secondary N) is 1. The smallest absolute Gasteiger partial charge is 0.255 e. The quantitative estimate of drug-likeness (QED) is 0.652.